The molecule has 1 atom stereocenters. The number of rotatable bonds is 10. The molecule has 1 amide bonds. The molecule has 0 aromatic carbocycles. The fraction of sp³-hybridized carbons (Fsp3) is 0.938. The minimum atomic E-state index is -0.0357. The van der Waals surface area contributed by atoms with Crippen LogP contribution in [-0.4, -0.2) is 19.0 Å². The molecule has 0 spiro atoms. The highest BCUT2D eigenvalue weighted by molar-refractivity contribution is 5.78. The first-order valence-corrected chi connectivity index (χ1v) is 7.80. The van der Waals surface area contributed by atoms with Gasteiger partial charge in [0.15, 0.2) is 0 Å². The fourth-order valence-electron chi connectivity index (χ4n) is 2.29. The van der Waals surface area contributed by atoms with Crippen LogP contribution in [0.15, 0.2) is 0 Å². The van der Waals surface area contributed by atoms with Crippen molar-refractivity contribution >= 4 is 5.91 Å². The Hall–Kier alpha value is -0.570. The van der Waals surface area contributed by atoms with Crippen LogP contribution >= 0.6 is 0 Å². The Morgan fingerprint density at radius 3 is 2.37 bits per heavy atom. The van der Waals surface area contributed by atoms with Crippen molar-refractivity contribution < 1.29 is 4.79 Å². The maximum atomic E-state index is 12.1. The van der Waals surface area contributed by atoms with Gasteiger partial charge >= 0.3 is 0 Å². The van der Waals surface area contributed by atoms with E-state index in [1.165, 1.54) is 25.7 Å². The first-order chi connectivity index (χ1) is 8.82. The Morgan fingerprint density at radius 2 is 1.89 bits per heavy atom. The first kappa shape index (κ1) is 18.4. The van der Waals surface area contributed by atoms with Crippen molar-refractivity contribution in [2.45, 2.75) is 66.7 Å². The quantitative estimate of drug-likeness (QED) is 0.598. The molecule has 19 heavy (non-hydrogen) atoms. The maximum absolute atomic E-state index is 12.1. The third-order valence-corrected chi connectivity index (χ3v) is 3.61. The fourth-order valence-corrected chi connectivity index (χ4v) is 2.29. The van der Waals surface area contributed by atoms with E-state index in [1.807, 2.05) is 0 Å². The Kier molecular flexibility index (Phi) is 9.07. The van der Waals surface area contributed by atoms with Crippen LogP contribution in [0.2, 0.25) is 0 Å². The summed E-state index contributed by atoms with van der Waals surface area (Å²) in [5.41, 5.74) is 5.88. The molecule has 1 unspecified atom stereocenters. The second kappa shape index (κ2) is 9.35. The number of hydrogen-bond acceptors (Lipinski definition) is 2. The SMILES string of the molecule is CCCCCC(C)(C)CNC(=O)C(CN)CC(C)C. The van der Waals surface area contributed by atoms with Gasteiger partial charge in [0.1, 0.15) is 0 Å². The van der Waals surface area contributed by atoms with E-state index < -0.39 is 0 Å². The normalized spacial score (nSPS) is 13.6. The summed E-state index contributed by atoms with van der Waals surface area (Å²) in [6, 6.07) is 0. The highest BCUT2D eigenvalue weighted by atomic mass is 16.1. The number of amides is 1. The van der Waals surface area contributed by atoms with Crippen molar-refractivity contribution in [3.05, 3.63) is 0 Å². The van der Waals surface area contributed by atoms with Gasteiger partial charge in [-0.05, 0) is 24.2 Å². The highest BCUT2D eigenvalue weighted by Gasteiger charge is 2.22. The second-order valence-electron chi connectivity index (χ2n) is 6.90. The lowest BCUT2D eigenvalue weighted by molar-refractivity contribution is -0.125. The van der Waals surface area contributed by atoms with E-state index >= 15 is 0 Å². The van der Waals surface area contributed by atoms with Crippen LogP contribution in [0.3, 0.4) is 0 Å². The molecule has 0 aliphatic rings. The summed E-state index contributed by atoms with van der Waals surface area (Å²) in [4.78, 5) is 12.1. The Bertz CT molecular complexity index is 249. The third kappa shape index (κ3) is 9.04. The Morgan fingerprint density at radius 1 is 1.26 bits per heavy atom. The number of nitrogens with two attached hydrogens (primary N) is 1. The molecule has 0 aromatic heterocycles. The molecule has 0 aliphatic heterocycles. The number of carbonyl (C=O) groups excluding carboxylic acids is 1. The van der Waals surface area contributed by atoms with Gasteiger partial charge in [-0.25, -0.2) is 0 Å². The lowest BCUT2D eigenvalue weighted by Crippen LogP contribution is -2.40. The monoisotopic (exact) mass is 270 g/mol. The van der Waals surface area contributed by atoms with Gasteiger partial charge in [0.25, 0.3) is 0 Å². The minimum Gasteiger partial charge on any atom is -0.355 e. The van der Waals surface area contributed by atoms with Crippen molar-refractivity contribution in [2.24, 2.45) is 23.0 Å². The molecule has 0 fully saturated rings. The van der Waals surface area contributed by atoms with Gasteiger partial charge < -0.3 is 11.1 Å². The van der Waals surface area contributed by atoms with Crippen LogP contribution < -0.4 is 11.1 Å². The van der Waals surface area contributed by atoms with Crippen LogP contribution in [0.1, 0.15) is 66.7 Å². The van der Waals surface area contributed by atoms with E-state index in [4.69, 9.17) is 5.73 Å². The van der Waals surface area contributed by atoms with E-state index in [-0.39, 0.29) is 17.2 Å². The molecule has 0 rings (SSSR count). The second-order valence-corrected chi connectivity index (χ2v) is 6.90. The third-order valence-electron chi connectivity index (χ3n) is 3.61. The molecule has 0 aromatic rings. The van der Waals surface area contributed by atoms with Gasteiger partial charge in [-0.15, -0.1) is 0 Å². The van der Waals surface area contributed by atoms with Crippen molar-refractivity contribution in [1.29, 1.82) is 0 Å². The Labute approximate surface area is 119 Å². The van der Waals surface area contributed by atoms with Crippen molar-refractivity contribution in [2.75, 3.05) is 13.1 Å². The average molecular weight is 270 g/mol. The van der Waals surface area contributed by atoms with Gasteiger partial charge in [0, 0.05) is 13.1 Å². The number of unbranched alkanes of at least 4 members (excludes halogenated alkanes) is 2. The van der Waals surface area contributed by atoms with Crippen molar-refractivity contribution in [3.8, 4) is 0 Å². The zero-order valence-corrected chi connectivity index (χ0v) is 13.6. The van der Waals surface area contributed by atoms with Crippen LogP contribution in [0.4, 0.5) is 0 Å². The van der Waals surface area contributed by atoms with Crippen LogP contribution in [-0.2, 0) is 4.79 Å². The predicted octanol–water partition coefficient (Wildman–Crippen LogP) is 3.33. The molecule has 0 radical (unpaired) electrons. The van der Waals surface area contributed by atoms with E-state index in [2.05, 4.69) is 39.9 Å². The van der Waals surface area contributed by atoms with Crippen molar-refractivity contribution in [3.63, 3.8) is 0 Å². The summed E-state index contributed by atoms with van der Waals surface area (Å²) in [7, 11) is 0. The predicted molar refractivity (Wildman–Crippen MR) is 82.9 cm³/mol. The van der Waals surface area contributed by atoms with E-state index in [1.54, 1.807) is 0 Å². The number of carbonyl (C=O) groups is 1. The molecular formula is C16H34N2O. The van der Waals surface area contributed by atoms with Crippen LogP contribution in [0.5, 0.6) is 0 Å². The molecular weight excluding hydrogens is 236 g/mol. The van der Waals surface area contributed by atoms with Crippen LogP contribution in [0.25, 0.3) is 0 Å². The molecule has 0 saturated heterocycles. The highest BCUT2D eigenvalue weighted by Crippen LogP contribution is 2.23. The van der Waals surface area contributed by atoms with Gasteiger partial charge in [0.2, 0.25) is 5.91 Å². The number of hydrogen-bond donors (Lipinski definition) is 2. The zero-order valence-electron chi connectivity index (χ0n) is 13.6. The van der Waals surface area contributed by atoms with Crippen LogP contribution in [0, 0.1) is 17.3 Å². The summed E-state index contributed by atoms with van der Waals surface area (Å²) < 4.78 is 0. The molecule has 0 aliphatic carbocycles. The smallest absolute Gasteiger partial charge is 0.224 e. The summed E-state index contributed by atoms with van der Waals surface area (Å²) in [5.74, 6) is 0.600. The van der Waals surface area contributed by atoms with Gasteiger partial charge in [-0.2, -0.15) is 0 Å². The molecule has 114 valence electrons. The van der Waals surface area contributed by atoms with Gasteiger partial charge in [0.05, 0.1) is 5.92 Å². The molecule has 0 bridgehead atoms. The summed E-state index contributed by atoms with van der Waals surface area (Å²) >= 11 is 0. The molecule has 3 N–H and O–H groups in total. The van der Waals surface area contributed by atoms with E-state index in [0.717, 1.165) is 13.0 Å². The van der Waals surface area contributed by atoms with Gasteiger partial charge in [-0.1, -0.05) is 53.9 Å². The zero-order chi connectivity index (χ0) is 14.9. The molecule has 0 heterocycles. The summed E-state index contributed by atoms with van der Waals surface area (Å²) in [6.45, 7) is 12.1. The summed E-state index contributed by atoms with van der Waals surface area (Å²) in [6.07, 6.45) is 5.80. The van der Waals surface area contributed by atoms with Gasteiger partial charge in [-0.3, -0.25) is 4.79 Å². The average Bonchev–Trinajstić information content (AvgIpc) is 2.33. The minimum absolute atomic E-state index is 0.0357. The largest absolute Gasteiger partial charge is 0.355 e. The lowest BCUT2D eigenvalue weighted by atomic mass is 9.86. The molecule has 0 saturated carbocycles. The summed E-state index contributed by atoms with van der Waals surface area (Å²) in [5, 5.41) is 3.09. The number of nitrogens with one attached hydrogen (secondary N) is 1. The maximum Gasteiger partial charge on any atom is 0.224 e. The Balaban J connectivity index is 4.10. The molecule has 3 heteroatoms. The topological polar surface area (TPSA) is 55.1 Å². The lowest BCUT2D eigenvalue weighted by Gasteiger charge is -2.26. The standard InChI is InChI=1S/C16H34N2O/c1-6-7-8-9-16(4,5)12-18-15(19)14(11-17)10-13(2)3/h13-14H,6-12,17H2,1-5H3,(H,18,19). The molecule has 3 nitrogen and oxygen atoms in total. The first-order valence-electron chi connectivity index (χ1n) is 7.80. The van der Waals surface area contributed by atoms with Crippen molar-refractivity contribution in [1.82, 2.24) is 5.32 Å². The van der Waals surface area contributed by atoms with E-state index in [9.17, 15) is 4.79 Å². The van der Waals surface area contributed by atoms with E-state index in [0.29, 0.717) is 12.5 Å².